The van der Waals surface area contributed by atoms with Gasteiger partial charge in [-0.25, -0.2) is 9.37 Å². The monoisotopic (exact) mass is 431 g/mol. The minimum atomic E-state index is -4.55. The predicted molar refractivity (Wildman–Crippen MR) is 97.9 cm³/mol. The third kappa shape index (κ3) is 4.34. The van der Waals surface area contributed by atoms with Gasteiger partial charge in [0, 0.05) is 25.0 Å². The molecule has 2 heterocycles. The van der Waals surface area contributed by atoms with Crippen LogP contribution in [0.3, 0.4) is 0 Å². The molecule has 0 saturated carbocycles. The number of rotatable bonds is 6. The van der Waals surface area contributed by atoms with Crippen molar-refractivity contribution in [3.05, 3.63) is 58.6 Å². The standard InChI is InChI=1S/C19H15F6N3O2/c1-26-12-6-7-28-14(8-12)27-16(18(21,22)9-20)15(17(28)29)11-2-4-13(5-3-11)30-10-19(23,24)25/h2-8,26H,9-10H2,1H3. The Morgan fingerprint density at radius 3 is 2.33 bits per heavy atom. The number of hydrogen-bond donors (Lipinski definition) is 1. The van der Waals surface area contributed by atoms with Crippen molar-refractivity contribution in [2.45, 2.75) is 12.1 Å². The van der Waals surface area contributed by atoms with E-state index in [-0.39, 0.29) is 17.0 Å². The van der Waals surface area contributed by atoms with Crippen LogP contribution in [0.15, 0.2) is 47.4 Å². The first-order valence-electron chi connectivity index (χ1n) is 8.54. The number of hydrogen-bond acceptors (Lipinski definition) is 4. The van der Waals surface area contributed by atoms with E-state index in [1.807, 2.05) is 0 Å². The molecule has 0 saturated heterocycles. The van der Waals surface area contributed by atoms with E-state index in [1.54, 1.807) is 7.05 Å². The lowest BCUT2D eigenvalue weighted by molar-refractivity contribution is -0.153. The number of pyridine rings is 1. The molecule has 0 bridgehead atoms. The van der Waals surface area contributed by atoms with Gasteiger partial charge in [-0.15, -0.1) is 0 Å². The second kappa shape index (κ2) is 7.88. The molecule has 1 aromatic carbocycles. The van der Waals surface area contributed by atoms with E-state index in [9.17, 15) is 31.1 Å². The van der Waals surface area contributed by atoms with Crippen molar-refractivity contribution in [2.75, 3.05) is 25.6 Å². The van der Waals surface area contributed by atoms with Gasteiger partial charge in [-0.3, -0.25) is 9.20 Å². The molecule has 0 atom stereocenters. The predicted octanol–water partition coefficient (Wildman–Crippen LogP) is 4.41. The first-order valence-corrected chi connectivity index (χ1v) is 8.54. The molecule has 0 unspecified atom stereocenters. The molecule has 30 heavy (non-hydrogen) atoms. The topological polar surface area (TPSA) is 55.6 Å². The minimum absolute atomic E-state index is 0.0675. The van der Waals surface area contributed by atoms with Crippen LogP contribution in [0.2, 0.25) is 0 Å². The Balaban J connectivity index is 2.15. The lowest BCUT2D eigenvalue weighted by Crippen LogP contribution is -2.27. The van der Waals surface area contributed by atoms with Crippen LogP contribution in [0.1, 0.15) is 5.69 Å². The van der Waals surface area contributed by atoms with Gasteiger partial charge in [-0.2, -0.15) is 22.0 Å². The Bertz CT molecular complexity index is 1110. The summed E-state index contributed by atoms with van der Waals surface area (Å²) in [7, 11) is 1.58. The fourth-order valence-corrected chi connectivity index (χ4v) is 2.76. The molecule has 11 heteroatoms. The van der Waals surface area contributed by atoms with Crippen molar-refractivity contribution in [1.82, 2.24) is 9.38 Å². The summed E-state index contributed by atoms with van der Waals surface area (Å²) >= 11 is 0. The van der Waals surface area contributed by atoms with Crippen LogP contribution < -0.4 is 15.6 Å². The highest BCUT2D eigenvalue weighted by Crippen LogP contribution is 2.34. The summed E-state index contributed by atoms with van der Waals surface area (Å²) in [4.78, 5) is 16.7. The molecule has 0 fully saturated rings. The summed E-state index contributed by atoms with van der Waals surface area (Å²) in [5, 5.41) is 2.77. The molecular formula is C19H15F6N3O2. The van der Waals surface area contributed by atoms with E-state index in [1.165, 1.54) is 18.3 Å². The Kier molecular flexibility index (Phi) is 5.64. The average Bonchev–Trinajstić information content (AvgIpc) is 2.71. The van der Waals surface area contributed by atoms with Gasteiger partial charge in [-0.05, 0) is 23.8 Å². The highest BCUT2D eigenvalue weighted by atomic mass is 19.4. The molecule has 160 valence electrons. The lowest BCUT2D eigenvalue weighted by atomic mass is 10.0. The Morgan fingerprint density at radius 1 is 1.10 bits per heavy atom. The zero-order chi connectivity index (χ0) is 22.1. The molecule has 3 aromatic rings. The minimum Gasteiger partial charge on any atom is -0.484 e. The van der Waals surface area contributed by atoms with Crippen LogP contribution in [0, 0.1) is 0 Å². The van der Waals surface area contributed by atoms with Crippen molar-refractivity contribution in [3.63, 3.8) is 0 Å². The molecule has 0 radical (unpaired) electrons. The number of ether oxygens (including phenoxy) is 1. The lowest BCUT2D eigenvalue weighted by Gasteiger charge is -2.17. The van der Waals surface area contributed by atoms with Crippen LogP contribution in [0.4, 0.5) is 32.0 Å². The van der Waals surface area contributed by atoms with Gasteiger partial charge in [0.2, 0.25) is 0 Å². The second-order valence-corrected chi connectivity index (χ2v) is 6.30. The maximum atomic E-state index is 14.3. The zero-order valence-electron chi connectivity index (χ0n) is 15.4. The number of halogens is 6. The summed E-state index contributed by atoms with van der Waals surface area (Å²) in [6.45, 7) is -3.62. The normalized spacial score (nSPS) is 12.2. The molecule has 0 spiro atoms. The van der Waals surface area contributed by atoms with Gasteiger partial charge in [0.25, 0.3) is 5.56 Å². The number of nitrogens with zero attached hydrogens (tertiary/aromatic N) is 2. The number of nitrogens with one attached hydrogen (secondary N) is 1. The van der Waals surface area contributed by atoms with Gasteiger partial charge >= 0.3 is 12.1 Å². The average molecular weight is 431 g/mol. The molecule has 0 amide bonds. The van der Waals surface area contributed by atoms with Crippen molar-refractivity contribution in [3.8, 4) is 16.9 Å². The van der Waals surface area contributed by atoms with Gasteiger partial charge in [-0.1, -0.05) is 12.1 Å². The smallest absolute Gasteiger partial charge is 0.422 e. The highest BCUT2D eigenvalue weighted by Gasteiger charge is 2.38. The van der Waals surface area contributed by atoms with E-state index in [0.717, 1.165) is 28.7 Å². The van der Waals surface area contributed by atoms with Crippen molar-refractivity contribution in [2.24, 2.45) is 0 Å². The zero-order valence-corrected chi connectivity index (χ0v) is 15.4. The van der Waals surface area contributed by atoms with Crippen LogP contribution in [0.5, 0.6) is 5.75 Å². The number of benzene rings is 1. The Morgan fingerprint density at radius 2 is 1.77 bits per heavy atom. The van der Waals surface area contributed by atoms with Gasteiger partial charge in [0.05, 0.1) is 5.56 Å². The van der Waals surface area contributed by atoms with Crippen molar-refractivity contribution >= 4 is 11.3 Å². The second-order valence-electron chi connectivity index (χ2n) is 6.30. The molecule has 0 aliphatic rings. The maximum Gasteiger partial charge on any atom is 0.422 e. The summed E-state index contributed by atoms with van der Waals surface area (Å²) in [5.41, 5.74) is -2.20. The van der Waals surface area contributed by atoms with Crippen LogP contribution >= 0.6 is 0 Å². The number of anilines is 1. The van der Waals surface area contributed by atoms with E-state index < -0.39 is 42.2 Å². The summed E-state index contributed by atoms with van der Waals surface area (Å²) < 4.78 is 84.0. The van der Waals surface area contributed by atoms with Crippen LogP contribution in [-0.4, -0.2) is 35.9 Å². The SMILES string of the molecule is CNc1ccn2c(=O)c(-c3ccc(OCC(F)(F)F)cc3)c(C(F)(F)CF)nc2c1. The summed E-state index contributed by atoms with van der Waals surface area (Å²) in [5.74, 6) is -4.23. The Hall–Kier alpha value is -3.24. The first-order chi connectivity index (χ1) is 14.1. The van der Waals surface area contributed by atoms with Crippen LogP contribution in [-0.2, 0) is 5.92 Å². The van der Waals surface area contributed by atoms with Crippen molar-refractivity contribution in [1.29, 1.82) is 0 Å². The fraction of sp³-hybridized carbons (Fsp3) is 0.263. The van der Waals surface area contributed by atoms with E-state index in [2.05, 4.69) is 15.0 Å². The summed E-state index contributed by atoms with van der Waals surface area (Å²) in [6, 6.07) is 7.32. The quantitative estimate of drug-likeness (QED) is 0.588. The van der Waals surface area contributed by atoms with E-state index in [0.29, 0.717) is 5.69 Å². The van der Waals surface area contributed by atoms with E-state index in [4.69, 9.17) is 0 Å². The van der Waals surface area contributed by atoms with Crippen LogP contribution in [0.25, 0.3) is 16.8 Å². The maximum absolute atomic E-state index is 14.3. The first kappa shape index (κ1) is 21.5. The molecule has 0 aliphatic heterocycles. The number of fused-ring (bicyclic) bond motifs is 1. The van der Waals surface area contributed by atoms with Gasteiger partial charge in [0.1, 0.15) is 17.1 Å². The summed E-state index contributed by atoms with van der Waals surface area (Å²) in [6.07, 6.45) is -3.24. The highest BCUT2D eigenvalue weighted by molar-refractivity contribution is 5.69. The molecule has 0 aliphatic carbocycles. The molecule has 2 aromatic heterocycles. The number of aromatic nitrogens is 2. The largest absolute Gasteiger partial charge is 0.484 e. The molecule has 5 nitrogen and oxygen atoms in total. The number of alkyl halides is 6. The fourth-order valence-electron chi connectivity index (χ4n) is 2.76. The van der Waals surface area contributed by atoms with E-state index >= 15 is 0 Å². The molecule has 3 rings (SSSR count). The third-order valence-corrected chi connectivity index (χ3v) is 4.18. The van der Waals surface area contributed by atoms with Crippen molar-refractivity contribution < 1.29 is 31.1 Å². The van der Waals surface area contributed by atoms with Gasteiger partial charge in [0.15, 0.2) is 13.3 Å². The van der Waals surface area contributed by atoms with Gasteiger partial charge < -0.3 is 10.1 Å². The third-order valence-electron chi connectivity index (χ3n) is 4.18. The molecular weight excluding hydrogens is 416 g/mol. The molecule has 1 N–H and O–H groups in total. The Labute approximate surface area is 165 Å².